The highest BCUT2D eigenvalue weighted by molar-refractivity contribution is 6.00. The molecule has 0 fully saturated rings. The maximum Gasteiger partial charge on any atom is 0.326 e. The molecule has 0 heterocycles. The Morgan fingerprint density at radius 2 is 0.932 bits per heavy atom. The van der Waals surface area contributed by atoms with Crippen LogP contribution in [0.1, 0.15) is 107 Å². The van der Waals surface area contributed by atoms with Crippen molar-refractivity contribution in [3.63, 3.8) is 0 Å². The Morgan fingerprint density at radius 1 is 0.514 bits per heavy atom. The van der Waals surface area contributed by atoms with Gasteiger partial charge in [-0.3, -0.25) is 52.7 Å². The number of aliphatic hydroxyl groups is 1. The van der Waals surface area contributed by atoms with E-state index in [0.717, 1.165) is 0 Å². The van der Waals surface area contributed by atoms with Crippen LogP contribution in [0.3, 0.4) is 0 Å². The molecule has 10 amide bonds. The second kappa shape index (κ2) is 30.6. The van der Waals surface area contributed by atoms with Gasteiger partial charge in [0.1, 0.15) is 60.1 Å². The molecule has 74 heavy (non-hydrogen) atoms. The zero-order chi connectivity index (χ0) is 56.9. The number of aliphatic carboxylic acids is 2. The lowest BCUT2D eigenvalue weighted by Gasteiger charge is -2.31. The van der Waals surface area contributed by atoms with Crippen molar-refractivity contribution in [2.75, 3.05) is 0 Å². The molecule has 0 saturated carbocycles. The summed E-state index contributed by atoms with van der Waals surface area (Å²) in [4.78, 5) is 156. The van der Waals surface area contributed by atoms with Crippen molar-refractivity contribution in [1.29, 1.82) is 0 Å². The van der Waals surface area contributed by atoms with E-state index in [0.29, 0.717) is 5.56 Å². The zero-order valence-electron chi connectivity index (χ0n) is 43.7. The lowest BCUT2D eigenvalue weighted by atomic mass is 9.95. The fraction of sp³-hybridized carbons (Fsp3) is 0.625. The van der Waals surface area contributed by atoms with Crippen LogP contribution in [0.2, 0.25) is 0 Å². The first-order valence-corrected chi connectivity index (χ1v) is 24.2. The van der Waals surface area contributed by atoms with E-state index in [4.69, 9.17) is 5.73 Å². The van der Waals surface area contributed by atoms with Crippen molar-refractivity contribution < 1.29 is 78.0 Å². The van der Waals surface area contributed by atoms with Gasteiger partial charge in [0.2, 0.25) is 59.1 Å². The van der Waals surface area contributed by atoms with Gasteiger partial charge < -0.3 is 74.0 Å². The Balaban J connectivity index is 3.30. The average molecular weight is 1050 g/mol. The second-order valence-corrected chi connectivity index (χ2v) is 19.3. The molecule has 26 heteroatoms. The van der Waals surface area contributed by atoms with Crippen LogP contribution < -0.4 is 53.6 Å². The maximum absolute atomic E-state index is 14.0. The Hall–Kier alpha value is -7.38. The molecule has 0 radical (unpaired) electrons. The quantitative estimate of drug-likeness (QED) is 0.0367. The molecule has 0 aliphatic carbocycles. The minimum atomic E-state index is -1.88. The van der Waals surface area contributed by atoms with E-state index in [1.165, 1.54) is 46.8 Å². The van der Waals surface area contributed by atoms with Gasteiger partial charge in [0.15, 0.2) is 0 Å². The largest absolute Gasteiger partial charge is 0.508 e. The predicted molar refractivity (Wildman–Crippen MR) is 265 cm³/mol. The molecule has 26 nitrogen and oxygen atoms in total. The lowest BCUT2D eigenvalue weighted by molar-refractivity contribution is -0.144. The van der Waals surface area contributed by atoms with Crippen LogP contribution in [0.25, 0.3) is 0 Å². The predicted octanol–water partition coefficient (Wildman–Crippen LogP) is -2.44. The Kier molecular flexibility index (Phi) is 26.7. The molecule has 414 valence electrons. The van der Waals surface area contributed by atoms with E-state index < -0.39 is 162 Å². The summed E-state index contributed by atoms with van der Waals surface area (Å²) in [6.45, 7) is 16.5. The summed E-state index contributed by atoms with van der Waals surface area (Å²) >= 11 is 0. The molecule has 0 unspecified atom stereocenters. The van der Waals surface area contributed by atoms with Crippen LogP contribution >= 0.6 is 0 Å². The van der Waals surface area contributed by atoms with Crippen molar-refractivity contribution >= 4 is 71.0 Å². The Labute approximate surface area is 429 Å². The number of phenolic OH excluding ortho intramolecular Hbond substituents is 1. The number of nitrogens with two attached hydrogens (primary N) is 1. The number of amides is 10. The summed E-state index contributed by atoms with van der Waals surface area (Å²) < 4.78 is 0. The minimum Gasteiger partial charge on any atom is -0.508 e. The molecule has 0 aliphatic rings. The van der Waals surface area contributed by atoms with Crippen LogP contribution in [0.4, 0.5) is 0 Å². The average Bonchev–Trinajstić information content (AvgIpc) is 3.28. The molecule has 15 N–H and O–H groups in total. The fourth-order valence-corrected chi connectivity index (χ4v) is 7.18. The number of rotatable bonds is 31. The minimum absolute atomic E-state index is 0.00834. The van der Waals surface area contributed by atoms with E-state index in [1.807, 2.05) is 0 Å². The number of carboxylic acids is 2. The summed E-state index contributed by atoms with van der Waals surface area (Å²) in [6.07, 6.45) is -3.29. The number of nitrogens with one attached hydrogen (secondary N) is 9. The number of phenols is 1. The molecule has 0 aromatic heterocycles. The van der Waals surface area contributed by atoms with Gasteiger partial charge in [-0.25, -0.2) is 4.79 Å². The van der Waals surface area contributed by atoms with E-state index >= 15 is 0 Å². The van der Waals surface area contributed by atoms with E-state index in [2.05, 4.69) is 47.9 Å². The van der Waals surface area contributed by atoms with Gasteiger partial charge in [-0.1, -0.05) is 73.9 Å². The van der Waals surface area contributed by atoms with Crippen molar-refractivity contribution in [2.45, 2.75) is 169 Å². The number of aromatic hydroxyl groups is 1. The van der Waals surface area contributed by atoms with Gasteiger partial charge >= 0.3 is 11.9 Å². The fourth-order valence-electron chi connectivity index (χ4n) is 7.18. The number of hydrogen-bond acceptors (Lipinski definition) is 14. The number of carbonyl (C=O) groups excluding carboxylic acids is 10. The molecule has 1 aromatic carbocycles. The highest BCUT2D eigenvalue weighted by atomic mass is 16.4. The first-order chi connectivity index (χ1) is 34.3. The number of aliphatic hydroxyl groups excluding tert-OH is 1. The monoisotopic (exact) mass is 1050 g/mol. The highest BCUT2D eigenvalue weighted by Gasteiger charge is 2.38. The first kappa shape index (κ1) is 64.6. The smallest absolute Gasteiger partial charge is 0.326 e. The first-order valence-electron chi connectivity index (χ1n) is 24.2. The summed E-state index contributed by atoms with van der Waals surface area (Å²) in [6, 6.07) is -7.67. The molecule has 1 rings (SSSR count). The van der Waals surface area contributed by atoms with Gasteiger partial charge in [-0.15, -0.1) is 0 Å². The lowest BCUT2D eigenvalue weighted by Crippen LogP contribution is -2.63. The van der Waals surface area contributed by atoms with E-state index in [-0.39, 0.29) is 30.9 Å². The van der Waals surface area contributed by atoms with Crippen LogP contribution in [0, 0.1) is 23.7 Å². The van der Waals surface area contributed by atoms with Crippen molar-refractivity contribution in [1.82, 2.24) is 47.9 Å². The summed E-state index contributed by atoms with van der Waals surface area (Å²) in [5.74, 6) is -14.9. The topological polar surface area (TPSA) is 420 Å². The number of carbonyl (C=O) groups is 12. The van der Waals surface area contributed by atoms with E-state index in [9.17, 15) is 78.0 Å². The number of hydrogen-bond donors (Lipinski definition) is 14. The van der Waals surface area contributed by atoms with Gasteiger partial charge in [0.05, 0.1) is 18.9 Å². The van der Waals surface area contributed by atoms with Crippen LogP contribution in [-0.2, 0) is 64.0 Å². The zero-order valence-corrected chi connectivity index (χ0v) is 43.7. The molecular weight excluding hydrogens is 973 g/mol. The molecule has 0 aliphatic heterocycles. The number of benzene rings is 1. The maximum atomic E-state index is 14.0. The molecule has 11 atom stereocenters. The highest BCUT2D eigenvalue weighted by Crippen LogP contribution is 2.15. The molecule has 0 bridgehead atoms. The van der Waals surface area contributed by atoms with Gasteiger partial charge in [0.25, 0.3) is 0 Å². The third-order valence-electron chi connectivity index (χ3n) is 11.5. The SMILES string of the molecule is CC[C@H](C)[C@H](NC(=O)[C@@H](NC(=O)[C@@H](NC(=O)[C@@H](NC(=O)[C@H](C)NC(=O)[C@H](Cc1ccc(O)cc1)NC(C)=O)C(C)C)[C@@H](C)O)C(C)C)C(=O)N[C@@H](CC(N)=O)C(=O)N[C@@H](CC(=O)O)C(=O)N[C@@H](CC(C)C)C(=O)O. The Bertz CT molecular complexity index is 2170. The van der Waals surface area contributed by atoms with Gasteiger partial charge in [0, 0.05) is 13.3 Å². The van der Waals surface area contributed by atoms with Crippen LogP contribution in [-0.4, -0.2) is 152 Å². The normalized spacial score (nSPS) is 15.7. The van der Waals surface area contributed by atoms with Crippen LogP contribution in [0.15, 0.2) is 24.3 Å². The summed E-state index contributed by atoms with van der Waals surface area (Å²) in [5, 5.41) is 61.0. The summed E-state index contributed by atoms with van der Waals surface area (Å²) in [7, 11) is 0. The Morgan fingerprint density at radius 3 is 1.36 bits per heavy atom. The number of carboxylic acid groups (broad SMARTS) is 2. The molecule has 1 aromatic rings. The standard InChI is InChI=1S/C48H76N10O16/c1-12-24(8)38(46(71)53-31(19-34(49)62)42(67)52-32(20-35(63)64)43(68)54-33(48(73)74)17-21(2)3)57-44(69)37(23(6)7)56-47(72)39(26(10)59)58-45(70)36(22(4)5)55-40(65)25(9)50-41(66)30(51-27(11)60)18-28-13-15-29(61)16-14-28/h13-16,21-26,30-33,36-39,59,61H,12,17-20H2,1-11H3,(H2,49,62)(H,50,66)(H,51,60)(H,52,67)(H,53,71)(H,54,68)(H,55,65)(H,56,72)(H,57,69)(H,58,70)(H,63,64)(H,73,74)/t24-,25-,26+,30-,31-,32-,33-,36-,37-,38-,39-/m0/s1. The van der Waals surface area contributed by atoms with E-state index in [1.54, 1.807) is 53.7 Å². The third kappa shape index (κ3) is 22.2. The number of primary amides is 1. The summed E-state index contributed by atoms with van der Waals surface area (Å²) in [5.41, 5.74) is 5.96. The second-order valence-electron chi connectivity index (χ2n) is 19.3. The molecule has 0 saturated heterocycles. The van der Waals surface area contributed by atoms with Crippen molar-refractivity contribution in [3.05, 3.63) is 29.8 Å². The van der Waals surface area contributed by atoms with Crippen LogP contribution in [0.5, 0.6) is 5.75 Å². The van der Waals surface area contributed by atoms with Gasteiger partial charge in [-0.05, 0) is 61.6 Å². The molecule has 0 spiro atoms. The molecular formula is C48H76N10O16. The van der Waals surface area contributed by atoms with Crippen molar-refractivity contribution in [2.24, 2.45) is 29.4 Å². The third-order valence-corrected chi connectivity index (χ3v) is 11.5. The van der Waals surface area contributed by atoms with Crippen molar-refractivity contribution in [3.8, 4) is 5.75 Å². The van der Waals surface area contributed by atoms with Gasteiger partial charge in [-0.2, -0.15) is 0 Å².